The van der Waals surface area contributed by atoms with E-state index in [0.29, 0.717) is 19.3 Å². The van der Waals surface area contributed by atoms with E-state index in [-0.39, 0.29) is 36.4 Å². The molecule has 0 aromatic heterocycles. The minimum absolute atomic E-state index is 0.188. The lowest BCUT2D eigenvalue weighted by Crippen LogP contribution is -2.46. The van der Waals surface area contributed by atoms with Gasteiger partial charge in [-0.2, -0.15) is 0 Å². The lowest BCUT2D eigenvalue weighted by Gasteiger charge is -2.43. The molecule has 0 bridgehead atoms. The zero-order valence-electron chi connectivity index (χ0n) is 20.2. The summed E-state index contributed by atoms with van der Waals surface area (Å²) in [6.07, 6.45) is 3.25. The number of carbonyl (C=O) groups is 2. The molecule has 8 heteroatoms. The molecule has 4 atom stereocenters. The minimum Gasteiger partial charge on any atom is -0.508 e. The van der Waals surface area contributed by atoms with Crippen LogP contribution in [-0.2, 0) is 14.2 Å². The van der Waals surface area contributed by atoms with E-state index in [4.69, 9.17) is 4.65 Å². The number of hydrogen-bond donors (Lipinski definition) is 3. The quantitative estimate of drug-likeness (QED) is 0.250. The Kier molecular flexibility index (Phi) is 6.84. The number of aromatic hydroxyl groups is 1. The molecular weight excluding hydrogens is 457 g/mol. The van der Waals surface area contributed by atoms with Gasteiger partial charge in [-0.05, 0) is 71.5 Å². The largest absolute Gasteiger partial charge is 0.508 e. The van der Waals surface area contributed by atoms with E-state index in [9.17, 15) is 24.8 Å². The number of amides is 2. The first-order valence-electron chi connectivity index (χ1n) is 12.4. The second kappa shape index (κ2) is 10.0. The van der Waals surface area contributed by atoms with Crippen LogP contribution < -0.4 is 0 Å². The Balaban J connectivity index is 1.46. The monoisotopic (exact) mass is 487 g/mol. The number of aliphatic hydroxyl groups excluding tert-OH is 1. The number of imide groups is 1. The highest BCUT2D eigenvalue weighted by Crippen LogP contribution is 2.50. The van der Waals surface area contributed by atoms with Gasteiger partial charge in [-0.15, -0.1) is 0 Å². The third kappa shape index (κ3) is 4.52. The molecule has 0 saturated carbocycles. The van der Waals surface area contributed by atoms with Crippen molar-refractivity contribution in [2.75, 3.05) is 13.7 Å². The summed E-state index contributed by atoms with van der Waals surface area (Å²) >= 11 is 0. The number of rotatable bonds is 6. The second-order valence-corrected chi connectivity index (χ2v) is 9.88. The van der Waals surface area contributed by atoms with Crippen molar-refractivity contribution < 1.29 is 29.5 Å². The van der Waals surface area contributed by atoms with Crippen LogP contribution in [0.2, 0.25) is 6.32 Å². The Morgan fingerprint density at radius 3 is 2.61 bits per heavy atom. The van der Waals surface area contributed by atoms with E-state index in [2.05, 4.69) is 0 Å². The summed E-state index contributed by atoms with van der Waals surface area (Å²) in [5.74, 6) is -1.59. The van der Waals surface area contributed by atoms with Crippen LogP contribution in [0, 0.1) is 17.8 Å². The molecule has 186 valence electrons. The molecule has 7 nitrogen and oxygen atoms in total. The molecule has 0 unspecified atom stereocenters. The van der Waals surface area contributed by atoms with Crippen molar-refractivity contribution in [3.63, 3.8) is 0 Å². The van der Waals surface area contributed by atoms with Gasteiger partial charge >= 0.3 is 7.12 Å². The number of nitrogens with zero attached hydrogens (tertiary/aromatic N) is 1. The van der Waals surface area contributed by atoms with Crippen molar-refractivity contribution in [2.24, 2.45) is 17.8 Å². The van der Waals surface area contributed by atoms with E-state index in [1.165, 1.54) is 11.9 Å². The summed E-state index contributed by atoms with van der Waals surface area (Å²) in [4.78, 5) is 26.9. The van der Waals surface area contributed by atoms with Crippen molar-refractivity contribution in [3.8, 4) is 5.75 Å². The molecule has 2 aromatic carbocycles. The standard InChI is InChI=1S/C28H30BNO6/c1-30-27(33)22-14-20(16-31)25-23(26(22)28(30)34)15-29(35)36-24(25)11-10-19(18-7-3-2-4-8-18)12-17-6-5-9-21(32)13-17/h2-9,12-13,22-24,26,31-32,35H,10-11,14-16H2,1H3/b19-12-/t22-,23+,24-,26-/m1/s1. The van der Waals surface area contributed by atoms with Crippen LogP contribution in [0.5, 0.6) is 5.75 Å². The van der Waals surface area contributed by atoms with Crippen molar-refractivity contribution in [1.82, 2.24) is 4.90 Å². The number of aliphatic hydroxyl groups is 1. The summed E-state index contributed by atoms with van der Waals surface area (Å²) in [5, 5.41) is 30.7. The molecule has 2 saturated heterocycles. The van der Waals surface area contributed by atoms with E-state index in [1.807, 2.05) is 42.5 Å². The molecule has 2 amide bonds. The number of phenolic OH excluding ortho intramolecular Hbond substituents is 1. The van der Waals surface area contributed by atoms with Crippen molar-refractivity contribution in [2.45, 2.75) is 31.7 Å². The van der Waals surface area contributed by atoms with Crippen LogP contribution in [0.15, 0.2) is 65.7 Å². The summed E-state index contributed by atoms with van der Waals surface area (Å²) in [5.41, 5.74) is 4.54. The van der Waals surface area contributed by atoms with Gasteiger partial charge in [-0.3, -0.25) is 14.5 Å². The maximum absolute atomic E-state index is 13.0. The molecule has 0 radical (unpaired) electrons. The van der Waals surface area contributed by atoms with Gasteiger partial charge in [0, 0.05) is 7.05 Å². The fraction of sp³-hybridized carbons (Fsp3) is 0.357. The Labute approximate surface area is 210 Å². The summed E-state index contributed by atoms with van der Waals surface area (Å²) in [7, 11) is 0.457. The maximum atomic E-state index is 13.0. The second-order valence-electron chi connectivity index (χ2n) is 9.88. The summed E-state index contributed by atoms with van der Waals surface area (Å²) in [6, 6.07) is 17.0. The van der Waals surface area contributed by atoms with Crippen molar-refractivity contribution in [1.29, 1.82) is 0 Å². The number of benzene rings is 2. The molecule has 36 heavy (non-hydrogen) atoms. The van der Waals surface area contributed by atoms with E-state index in [0.717, 1.165) is 27.8 Å². The zero-order valence-corrected chi connectivity index (χ0v) is 20.2. The number of hydrogen-bond acceptors (Lipinski definition) is 6. The molecule has 0 spiro atoms. The Morgan fingerprint density at radius 2 is 1.89 bits per heavy atom. The Bertz CT molecular complexity index is 1230. The van der Waals surface area contributed by atoms with Crippen molar-refractivity contribution in [3.05, 3.63) is 76.9 Å². The highest BCUT2D eigenvalue weighted by atomic mass is 16.5. The van der Waals surface area contributed by atoms with Crippen LogP contribution in [0.25, 0.3) is 11.6 Å². The van der Waals surface area contributed by atoms with Gasteiger partial charge in [-0.25, -0.2) is 0 Å². The highest BCUT2D eigenvalue weighted by Gasteiger charge is 2.56. The fourth-order valence-corrected chi connectivity index (χ4v) is 6.12. The fourth-order valence-electron chi connectivity index (χ4n) is 6.12. The van der Waals surface area contributed by atoms with Crippen molar-refractivity contribution >= 4 is 30.6 Å². The van der Waals surface area contributed by atoms with Gasteiger partial charge in [0.25, 0.3) is 0 Å². The summed E-state index contributed by atoms with van der Waals surface area (Å²) < 4.78 is 5.99. The van der Waals surface area contributed by atoms with Crippen LogP contribution in [0.3, 0.4) is 0 Å². The lowest BCUT2D eigenvalue weighted by atomic mass is 9.58. The minimum atomic E-state index is -1.05. The van der Waals surface area contributed by atoms with Gasteiger partial charge < -0.3 is 19.9 Å². The third-order valence-electron chi connectivity index (χ3n) is 7.75. The lowest BCUT2D eigenvalue weighted by molar-refractivity contribution is -0.138. The molecule has 2 heterocycles. The SMILES string of the molecule is CN1C(=O)[C@@H]2[C@@H](CC(CO)=C3[C@@H](CC/C(=C/c4cccc(O)c4)c4ccccc4)OB(O)C[C@@H]32)C1=O. The number of fused-ring (bicyclic) bond motifs is 3. The van der Waals surface area contributed by atoms with Gasteiger partial charge in [0.1, 0.15) is 5.75 Å². The van der Waals surface area contributed by atoms with Crippen LogP contribution >= 0.6 is 0 Å². The smallest absolute Gasteiger partial charge is 0.455 e. The normalized spacial score (nSPS) is 26.4. The topological polar surface area (TPSA) is 107 Å². The number of carbonyl (C=O) groups excluding carboxylic acids is 2. The molecule has 3 N–H and O–H groups in total. The number of likely N-dealkylation sites (tertiary alicyclic amines) is 1. The molecule has 2 fully saturated rings. The Hall–Kier alpha value is -3.20. The first-order chi connectivity index (χ1) is 17.4. The zero-order chi connectivity index (χ0) is 25.4. The van der Waals surface area contributed by atoms with Crippen LogP contribution in [0.4, 0.5) is 0 Å². The number of phenols is 1. The van der Waals surface area contributed by atoms with Crippen LogP contribution in [0.1, 0.15) is 30.4 Å². The van der Waals surface area contributed by atoms with E-state index in [1.54, 1.807) is 18.2 Å². The predicted molar refractivity (Wildman–Crippen MR) is 136 cm³/mol. The first kappa shape index (κ1) is 24.5. The van der Waals surface area contributed by atoms with E-state index >= 15 is 0 Å². The molecule has 1 aliphatic carbocycles. The Morgan fingerprint density at radius 1 is 1.11 bits per heavy atom. The number of allylic oxidation sites excluding steroid dienone is 1. The summed E-state index contributed by atoms with van der Waals surface area (Å²) in [6.45, 7) is -0.207. The first-order valence-corrected chi connectivity index (χ1v) is 12.4. The molecule has 5 rings (SSSR count). The molecule has 2 aromatic rings. The molecule has 3 aliphatic rings. The van der Waals surface area contributed by atoms with Gasteiger partial charge in [-0.1, -0.05) is 48.5 Å². The van der Waals surface area contributed by atoms with E-state index < -0.39 is 25.1 Å². The molecule has 2 aliphatic heterocycles. The van der Waals surface area contributed by atoms with Crippen LogP contribution in [-0.4, -0.2) is 58.8 Å². The average molecular weight is 487 g/mol. The maximum Gasteiger partial charge on any atom is 0.455 e. The van der Waals surface area contributed by atoms with Gasteiger partial charge in [0.2, 0.25) is 11.8 Å². The van der Waals surface area contributed by atoms with Gasteiger partial charge in [0.05, 0.1) is 24.5 Å². The average Bonchev–Trinajstić information content (AvgIpc) is 3.10. The highest BCUT2D eigenvalue weighted by molar-refractivity contribution is 6.43. The van der Waals surface area contributed by atoms with Gasteiger partial charge in [0.15, 0.2) is 0 Å². The molecular formula is C28H30BNO6. The predicted octanol–water partition coefficient (Wildman–Crippen LogP) is 3.13. The third-order valence-corrected chi connectivity index (χ3v) is 7.75.